The summed E-state index contributed by atoms with van der Waals surface area (Å²) in [5, 5.41) is 0. The second-order valence-electron chi connectivity index (χ2n) is 4.80. The number of hydrogen-bond donors (Lipinski definition) is 1. The van der Waals surface area contributed by atoms with Crippen LogP contribution >= 0.6 is 0 Å². The van der Waals surface area contributed by atoms with Gasteiger partial charge in [-0.1, -0.05) is 12.1 Å². The summed E-state index contributed by atoms with van der Waals surface area (Å²) in [6, 6.07) is 11.6. The van der Waals surface area contributed by atoms with E-state index in [9.17, 15) is 0 Å². The highest BCUT2D eigenvalue weighted by atomic mass is 16.6. The molecule has 106 valence electrons. The van der Waals surface area contributed by atoms with E-state index in [0.717, 1.165) is 39.7 Å². The van der Waals surface area contributed by atoms with E-state index in [1.807, 2.05) is 36.4 Å². The summed E-state index contributed by atoms with van der Waals surface area (Å²) in [7, 11) is 1.65. The second-order valence-corrected chi connectivity index (χ2v) is 4.80. The lowest BCUT2D eigenvalue weighted by Gasteiger charge is -2.17. The van der Waals surface area contributed by atoms with Crippen molar-refractivity contribution in [3.05, 3.63) is 36.4 Å². The molecule has 3 aromatic rings. The quantitative estimate of drug-likeness (QED) is 0.785. The van der Waals surface area contributed by atoms with Crippen molar-refractivity contribution in [3.8, 4) is 28.6 Å². The lowest BCUT2D eigenvalue weighted by atomic mass is 10.2. The third-order valence-electron chi connectivity index (χ3n) is 3.51. The van der Waals surface area contributed by atoms with Gasteiger partial charge >= 0.3 is 0 Å². The van der Waals surface area contributed by atoms with E-state index in [1.165, 1.54) is 0 Å². The Morgan fingerprint density at radius 2 is 1.86 bits per heavy atom. The standard InChI is InChI=1S/C16H14N2O3/c1-19-13-5-3-2-4-10(13)16-17-11-8-14-15(9-12(11)18-16)21-7-6-20-14/h2-5,8-9H,6-7H2,1H3,(H,17,18). The highest BCUT2D eigenvalue weighted by Gasteiger charge is 2.16. The van der Waals surface area contributed by atoms with Gasteiger partial charge < -0.3 is 19.2 Å². The second kappa shape index (κ2) is 4.70. The Kier molecular flexibility index (Phi) is 2.70. The van der Waals surface area contributed by atoms with Crippen molar-refractivity contribution in [1.29, 1.82) is 0 Å². The highest BCUT2D eigenvalue weighted by Crippen LogP contribution is 2.36. The van der Waals surface area contributed by atoms with E-state index in [1.54, 1.807) is 7.11 Å². The number of nitrogens with zero attached hydrogens (tertiary/aromatic N) is 1. The van der Waals surface area contributed by atoms with Gasteiger partial charge in [0.05, 0.1) is 23.7 Å². The molecular weight excluding hydrogens is 268 g/mol. The molecule has 0 amide bonds. The van der Waals surface area contributed by atoms with Crippen molar-refractivity contribution in [2.24, 2.45) is 0 Å². The maximum absolute atomic E-state index is 5.59. The van der Waals surface area contributed by atoms with Crippen LogP contribution in [-0.2, 0) is 0 Å². The first-order chi connectivity index (χ1) is 10.3. The molecule has 0 aliphatic carbocycles. The van der Waals surface area contributed by atoms with Crippen molar-refractivity contribution in [1.82, 2.24) is 9.97 Å². The van der Waals surface area contributed by atoms with Gasteiger partial charge in [0, 0.05) is 12.1 Å². The van der Waals surface area contributed by atoms with Crippen LogP contribution in [0.25, 0.3) is 22.4 Å². The molecule has 1 N–H and O–H groups in total. The van der Waals surface area contributed by atoms with E-state index < -0.39 is 0 Å². The fourth-order valence-electron chi connectivity index (χ4n) is 2.51. The van der Waals surface area contributed by atoms with Crippen molar-refractivity contribution in [2.45, 2.75) is 0 Å². The van der Waals surface area contributed by atoms with E-state index >= 15 is 0 Å². The topological polar surface area (TPSA) is 56.4 Å². The molecule has 2 aromatic carbocycles. The molecule has 5 nitrogen and oxygen atoms in total. The number of aromatic amines is 1. The number of aromatic nitrogens is 2. The number of ether oxygens (including phenoxy) is 3. The summed E-state index contributed by atoms with van der Waals surface area (Å²) < 4.78 is 16.6. The number of benzene rings is 2. The van der Waals surface area contributed by atoms with E-state index in [4.69, 9.17) is 14.2 Å². The van der Waals surface area contributed by atoms with Gasteiger partial charge in [-0.2, -0.15) is 0 Å². The fraction of sp³-hybridized carbons (Fsp3) is 0.188. The minimum absolute atomic E-state index is 0.572. The van der Waals surface area contributed by atoms with Crippen molar-refractivity contribution in [2.75, 3.05) is 20.3 Å². The zero-order chi connectivity index (χ0) is 14.2. The number of methoxy groups -OCH3 is 1. The molecule has 0 unspecified atom stereocenters. The maximum atomic E-state index is 5.59. The number of imidazole rings is 1. The smallest absolute Gasteiger partial charge is 0.163 e. The molecule has 21 heavy (non-hydrogen) atoms. The van der Waals surface area contributed by atoms with E-state index in [0.29, 0.717) is 13.2 Å². The van der Waals surface area contributed by atoms with Crippen molar-refractivity contribution < 1.29 is 14.2 Å². The van der Waals surface area contributed by atoms with Crippen LogP contribution in [0.4, 0.5) is 0 Å². The first-order valence-electron chi connectivity index (χ1n) is 6.78. The van der Waals surface area contributed by atoms with Crippen LogP contribution in [-0.4, -0.2) is 30.3 Å². The summed E-state index contributed by atoms with van der Waals surface area (Å²) in [4.78, 5) is 7.94. The van der Waals surface area contributed by atoms with Crippen molar-refractivity contribution >= 4 is 11.0 Å². The van der Waals surface area contributed by atoms with Crippen LogP contribution in [0.1, 0.15) is 0 Å². The Balaban J connectivity index is 1.87. The Labute approximate surface area is 121 Å². The summed E-state index contributed by atoms with van der Waals surface area (Å²) in [5.41, 5.74) is 2.69. The Morgan fingerprint density at radius 3 is 2.67 bits per heavy atom. The Morgan fingerprint density at radius 1 is 1.10 bits per heavy atom. The van der Waals surface area contributed by atoms with Crippen molar-refractivity contribution in [3.63, 3.8) is 0 Å². The summed E-state index contributed by atoms with van der Waals surface area (Å²) in [5.74, 6) is 3.05. The number of H-pyrrole nitrogens is 1. The van der Waals surface area contributed by atoms with Crippen LogP contribution in [0.15, 0.2) is 36.4 Å². The average molecular weight is 282 g/mol. The monoisotopic (exact) mass is 282 g/mol. The lowest BCUT2D eigenvalue weighted by molar-refractivity contribution is 0.172. The zero-order valence-corrected chi connectivity index (χ0v) is 11.6. The van der Waals surface area contributed by atoms with Gasteiger partial charge in [0.25, 0.3) is 0 Å². The van der Waals surface area contributed by atoms with Gasteiger partial charge in [-0.25, -0.2) is 4.98 Å². The SMILES string of the molecule is COc1ccccc1-c1nc2cc3c(cc2[nH]1)OCCO3. The third kappa shape index (κ3) is 1.98. The molecule has 4 rings (SSSR count). The average Bonchev–Trinajstić information content (AvgIpc) is 2.95. The maximum Gasteiger partial charge on any atom is 0.163 e. The first kappa shape index (κ1) is 12.1. The normalized spacial score (nSPS) is 13.4. The Hall–Kier alpha value is -2.69. The van der Waals surface area contributed by atoms with Gasteiger partial charge in [-0.3, -0.25) is 0 Å². The molecule has 2 heterocycles. The zero-order valence-electron chi connectivity index (χ0n) is 11.6. The molecule has 0 spiro atoms. The van der Waals surface area contributed by atoms with Crippen LogP contribution < -0.4 is 14.2 Å². The first-order valence-corrected chi connectivity index (χ1v) is 6.78. The van der Waals surface area contributed by atoms with Crippen LogP contribution in [0.5, 0.6) is 17.2 Å². The van der Waals surface area contributed by atoms with E-state index in [-0.39, 0.29) is 0 Å². The molecule has 0 saturated carbocycles. The molecule has 0 fully saturated rings. The Bertz CT molecular complexity index is 767. The number of rotatable bonds is 2. The van der Waals surface area contributed by atoms with Gasteiger partial charge in [-0.15, -0.1) is 0 Å². The number of hydrogen-bond acceptors (Lipinski definition) is 4. The van der Waals surface area contributed by atoms with Gasteiger partial charge in [-0.05, 0) is 12.1 Å². The molecule has 0 bridgehead atoms. The number of para-hydroxylation sites is 1. The predicted octanol–water partition coefficient (Wildman–Crippen LogP) is 3.01. The molecule has 1 aromatic heterocycles. The summed E-state index contributed by atoms with van der Waals surface area (Å²) in [6.45, 7) is 1.15. The highest BCUT2D eigenvalue weighted by molar-refractivity contribution is 5.84. The molecular formula is C16H14N2O3. The molecule has 5 heteroatoms. The summed E-state index contributed by atoms with van der Waals surface area (Å²) >= 11 is 0. The number of fused-ring (bicyclic) bond motifs is 2. The van der Waals surface area contributed by atoms with Crippen LogP contribution in [0.3, 0.4) is 0 Å². The van der Waals surface area contributed by atoms with E-state index in [2.05, 4.69) is 9.97 Å². The minimum atomic E-state index is 0.572. The predicted molar refractivity (Wildman–Crippen MR) is 79.1 cm³/mol. The van der Waals surface area contributed by atoms with Gasteiger partial charge in [0.15, 0.2) is 11.5 Å². The van der Waals surface area contributed by atoms with Gasteiger partial charge in [0.1, 0.15) is 24.8 Å². The number of nitrogens with one attached hydrogen (secondary N) is 1. The largest absolute Gasteiger partial charge is 0.496 e. The molecule has 1 aliphatic heterocycles. The summed E-state index contributed by atoms with van der Waals surface area (Å²) in [6.07, 6.45) is 0. The molecule has 0 radical (unpaired) electrons. The lowest BCUT2D eigenvalue weighted by Crippen LogP contribution is -2.15. The molecule has 1 aliphatic rings. The van der Waals surface area contributed by atoms with Crippen LogP contribution in [0.2, 0.25) is 0 Å². The molecule has 0 saturated heterocycles. The van der Waals surface area contributed by atoms with Crippen LogP contribution in [0, 0.1) is 0 Å². The fourth-order valence-corrected chi connectivity index (χ4v) is 2.51. The van der Waals surface area contributed by atoms with Gasteiger partial charge in [0.2, 0.25) is 0 Å². The minimum Gasteiger partial charge on any atom is -0.496 e. The molecule has 0 atom stereocenters. The third-order valence-corrected chi connectivity index (χ3v) is 3.51.